The van der Waals surface area contributed by atoms with Gasteiger partial charge < -0.3 is 10.0 Å². The monoisotopic (exact) mass is 521 g/mol. The number of carbonyl (C=O) groups is 1. The fourth-order valence-corrected chi connectivity index (χ4v) is 5.56. The molecule has 0 aliphatic carbocycles. The van der Waals surface area contributed by atoms with Gasteiger partial charge in [0.1, 0.15) is 5.82 Å². The lowest BCUT2D eigenvalue weighted by Crippen LogP contribution is -2.46. The zero-order chi connectivity index (χ0) is 26.6. The van der Waals surface area contributed by atoms with E-state index in [4.69, 9.17) is 5.26 Å². The first-order valence-electron chi connectivity index (χ1n) is 12.3. The van der Waals surface area contributed by atoms with Gasteiger partial charge in [0.2, 0.25) is 0 Å². The maximum atomic E-state index is 13.0. The number of piperazine rings is 1. The summed E-state index contributed by atoms with van der Waals surface area (Å²) in [6.07, 6.45) is 1.34. The fourth-order valence-electron chi connectivity index (χ4n) is 4.51. The highest BCUT2D eigenvalue weighted by atomic mass is 32.2. The molecule has 0 amide bonds. The van der Waals surface area contributed by atoms with Crippen LogP contribution in [0.4, 0.5) is 11.5 Å². The highest BCUT2D eigenvalue weighted by molar-refractivity contribution is 7.92. The van der Waals surface area contributed by atoms with Gasteiger partial charge in [0, 0.05) is 50.2 Å². The number of carboxylic acids is 1. The highest BCUT2D eigenvalue weighted by Crippen LogP contribution is 2.28. The summed E-state index contributed by atoms with van der Waals surface area (Å²) in [4.78, 5) is 21.2. The van der Waals surface area contributed by atoms with Crippen LogP contribution in [-0.2, 0) is 16.4 Å². The number of sulfonamides is 1. The number of fused-ring (bicyclic) bond motifs is 1. The Morgan fingerprint density at radius 1 is 1.11 bits per heavy atom. The Bertz CT molecular complexity index is 1420. The number of benzene rings is 2. The number of aromatic carboxylic acids is 1. The number of hydrogen-bond donors (Lipinski definition) is 2. The largest absolute Gasteiger partial charge is 0.478 e. The Kier molecular flexibility index (Phi) is 7.95. The van der Waals surface area contributed by atoms with Crippen molar-refractivity contribution in [2.45, 2.75) is 31.6 Å². The second-order valence-electron chi connectivity index (χ2n) is 9.65. The average molecular weight is 522 g/mol. The van der Waals surface area contributed by atoms with Gasteiger partial charge in [-0.05, 0) is 54.3 Å². The molecule has 1 aliphatic rings. The molecule has 1 aliphatic heterocycles. The molecule has 0 saturated carbocycles. The van der Waals surface area contributed by atoms with Crippen LogP contribution in [0.1, 0.15) is 36.2 Å². The molecule has 9 nitrogen and oxygen atoms in total. The Morgan fingerprint density at radius 3 is 2.43 bits per heavy atom. The molecule has 194 valence electrons. The lowest BCUT2D eigenvalue weighted by molar-refractivity contribution is 0.0699. The number of nitriles is 1. The van der Waals surface area contributed by atoms with Crippen molar-refractivity contribution < 1.29 is 18.3 Å². The Labute approximate surface area is 217 Å². The van der Waals surface area contributed by atoms with Crippen molar-refractivity contribution in [2.24, 2.45) is 5.92 Å². The highest BCUT2D eigenvalue weighted by Gasteiger charge is 2.21. The Balaban J connectivity index is 1.57. The van der Waals surface area contributed by atoms with E-state index in [1.807, 2.05) is 17.0 Å². The molecule has 0 radical (unpaired) electrons. The van der Waals surface area contributed by atoms with Crippen LogP contribution < -0.4 is 9.62 Å². The first kappa shape index (κ1) is 26.4. The molecule has 1 fully saturated rings. The molecule has 0 bridgehead atoms. The van der Waals surface area contributed by atoms with Gasteiger partial charge in [0.05, 0.1) is 22.0 Å². The van der Waals surface area contributed by atoms with E-state index < -0.39 is 16.0 Å². The molecule has 4 rings (SSSR count). The molecule has 2 N–H and O–H groups in total. The molecule has 0 spiro atoms. The van der Waals surface area contributed by atoms with Crippen molar-refractivity contribution in [3.63, 3.8) is 0 Å². The molecule has 3 aromatic rings. The normalized spacial score (nSPS) is 14.6. The lowest BCUT2D eigenvalue weighted by Gasteiger charge is -2.35. The van der Waals surface area contributed by atoms with Gasteiger partial charge in [-0.2, -0.15) is 5.26 Å². The van der Waals surface area contributed by atoms with Gasteiger partial charge in [-0.25, -0.2) is 18.2 Å². The quantitative estimate of drug-likeness (QED) is 0.433. The summed E-state index contributed by atoms with van der Waals surface area (Å²) in [5.41, 5.74) is 1.87. The van der Waals surface area contributed by atoms with E-state index in [0.29, 0.717) is 42.1 Å². The second kappa shape index (κ2) is 11.2. The number of hydrogen-bond acceptors (Lipinski definition) is 7. The van der Waals surface area contributed by atoms with Gasteiger partial charge >= 0.3 is 5.97 Å². The molecule has 1 saturated heterocycles. The van der Waals surface area contributed by atoms with Crippen LogP contribution in [0.15, 0.2) is 53.4 Å². The Morgan fingerprint density at radius 2 is 1.81 bits per heavy atom. The number of rotatable bonds is 9. The average Bonchev–Trinajstić information content (AvgIpc) is 2.87. The van der Waals surface area contributed by atoms with Gasteiger partial charge in [-0.3, -0.25) is 9.62 Å². The molecule has 2 heterocycles. The molecule has 0 unspecified atom stereocenters. The molecule has 37 heavy (non-hydrogen) atoms. The van der Waals surface area contributed by atoms with Crippen LogP contribution in [0.25, 0.3) is 10.9 Å². The molecule has 0 atom stereocenters. The SMILES string of the molecule is CC(C)Cc1ccc(S(=O)(=O)Nc2ccc3nc(N4CCN(CCC#N)CC4)cc(C(=O)O)c3c2)cc1. The van der Waals surface area contributed by atoms with Crippen LogP contribution in [0, 0.1) is 17.2 Å². The molecular weight excluding hydrogens is 490 g/mol. The minimum absolute atomic E-state index is 0.0611. The number of aromatic nitrogens is 1. The number of nitrogens with zero attached hydrogens (tertiary/aromatic N) is 4. The lowest BCUT2D eigenvalue weighted by atomic mass is 10.0. The van der Waals surface area contributed by atoms with Gasteiger partial charge in [0.15, 0.2) is 0 Å². The molecule has 2 aromatic carbocycles. The molecule has 10 heteroatoms. The second-order valence-corrected chi connectivity index (χ2v) is 11.3. The summed E-state index contributed by atoms with van der Waals surface area (Å²) in [7, 11) is -3.85. The van der Waals surface area contributed by atoms with E-state index in [0.717, 1.165) is 31.6 Å². The smallest absolute Gasteiger partial charge is 0.336 e. The zero-order valence-corrected chi connectivity index (χ0v) is 21.8. The number of pyridine rings is 1. The minimum atomic E-state index is -3.85. The molecular formula is C27H31N5O4S. The van der Waals surface area contributed by atoms with E-state index in [1.165, 1.54) is 6.07 Å². The van der Waals surface area contributed by atoms with E-state index in [9.17, 15) is 18.3 Å². The molecule has 1 aromatic heterocycles. The summed E-state index contributed by atoms with van der Waals surface area (Å²) in [6, 6.07) is 15.2. The van der Waals surface area contributed by atoms with Crippen LogP contribution in [0.3, 0.4) is 0 Å². The van der Waals surface area contributed by atoms with Crippen LogP contribution >= 0.6 is 0 Å². The fraction of sp³-hybridized carbons (Fsp3) is 0.370. The predicted molar refractivity (Wildman–Crippen MR) is 143 cm³/mol. The third kappa shape index (κ3) is 6.37. The van der Waals surface area contributed by atoms with E-state index >= 15 is 0 Å². The maximum Gasteiger partial charge on any atom is 0.336 e. The topological polar surface area (TPSA) is 127 Å². The maximum absolute atomic E-state index is 13.0. The standard InChI is InChI=1S/C27H31N5O4S/c1-19(2)16-20-4-7-22(8-5-20)37(35,36)30-21-6-9-25-23(17-21)24(27(33)34)18-26(29-25)32-14-12-31(13-15-32)11-3-10-28/h4-9,17-19,30H,3,11-16H2,1-2H3,(H,33,34). The van der Waals surface area contributed by atoms with Gasteiger partial charge in [-0.15, -0.1) is 0 Å². The summed E-state index contributed by atoms with van der Waals surface area (Å²) < 4.78 is 28.5. The summed E-state index contributed by atoms with van der Waals surface area (Å²) >= 11 is 0. The van der Waals surface area contributed by atoms with Crippen LogP contribution in [-0.4, -0.2) is 62.1 Å². The zero-order valence-electron chi connectivity index (χ0n) is 21.0. The first-order chi connectivity index (χ1) is 17.7. The number of anilines is 2. The van der Waals surface area contributed by atoms with Crippen LogP contribution in [0.5, 0.6) is 0 Å². The van der Waals surface area contributed by atoms with Crippen molar-refractivity contribution in [1.29, 1.82) is 5.26 Å². The first-order valence-corrected chi connectivity index (χ1v) is 13.8. The van der Waals surface area contributed by atoms with Crippen molar-refractivity contribution in [3.05, 3.63) is 59.7 Å². The number of carboxylic acid groups (broad SMARTS) is 1. The summed E-state index contributed by atoms with van der Waals surface area (Å²) in [5.74, 6) is -0.0727. The predicted octanol–water partition coefficient (Wildman–Crippen LogP) is 3.97. The number of nitrogens with one attached hydrogen (secondary N) is 1. The van der Waals surface area contributed by atoms with Crippen molar-refractivity contribution in [2.75, 3.05) is 42.3 Å². The van der Waals surface area contributed by atoms with Gasteiger partial charge in [-0.1, -0.05) is 26.0 Å². The van der Waals surface area contributed by atoms with Crippen LogP contribution in [0.2, 0.25) is 0 Å². The van der Waals surface area contributed by atoms with Crippen molar-refractivity contribution in [3.8, 4) is 6.07 Å². The van der Waals surface area contributed by atoms with E-state index in [1.54, 1.807) is 30.3 Å². The van der Waals surface area contributed by atoms with E-state index in [-0.39, 0.29) is 16.1 Å². The summed E-state index contributed by atoms with van der Waals surface area (Å²) in [5, 5.41) is 19.1. The van der Waals surface area contributed by atoms with Crippen molar-refractivity contribution in [1.82, 2.24) is 9.88 Å². The van der Waals surface area contributed by atoms with Crippen molar-refractivity contribution >= 4 is 38.4 Å². The minimum Gasteiger partial charge on any atom is -0.478 e. The third-order valence-corrected chi connectivity index (χ3v) is 7.79. The summed E-state index contributed by atoms with van der Waals surface area (Å²) in [6.45, 7) is 7.82. The third-order valence-electron chi connectivity index (χ3n) is 6.39. The van der Waals surface area contributed by atoms with Gasteiger partial charge in [0.25, 0.3) is 10.0 Å². The Hall–Kier alpha value is -3.68. The van der Waals surface area contributed by atoms with E-state index in [2.05, 4.69) is 34.5 Å².